The van der Waals surface area contributed by atoms with Gasteiger partial charge in [-0.25, -0.2) is 9.59 Å². The Hall–Kier alpha value is -1.36. The minimum atomic E-state index is -1.26. The van der Waals surface area contributed by atoms with Crippen molar-refractivity contribution in [3.63, 3.8) is 0 Å². The van der Waals surface area contributed by atoms with Gasteiger partial charge >= 0.3 is 11.9 Å². The van der Waals surface area contributed by atoms with Gasteiger partial charge in [0.2, 0.25) is 0 Å². The van der Waals surface area contributed by atoms with Crippen molar-refractivity contribution < 1.29 is 24.5 Å². The maximum Gasteiger partial charge on any atom is 0.328 e. The van der Waals surface area contributed by atoms with Gasteiger partial charge in [0.25, 0.3) is 0 Å². The average molecular weight is 246 g/mol. The summed E-state index contributed by atoms with van der Waals surface area (Å²) < 4.78 is 5.31. The van der Waals surface area contributed by atoms with Crippen molar-refractivity contribution >= 4 is 11.9 Å². The third-order valence-electron chi connectivity index (χ3n) is 1.65. The van der Waals surface area contributed by atoms with Gasteiger partial charge in [-0.2, -0.15) is 0 Å². The normalized spacial score (nSPS) is 9.76. The van der Waals surface area contributed by atoms with E-state index in [1.54, 1.807) is 0 Å². The van der Waals surface area contributed by atoms with E-state index in [1.165, 1.54) is 25.7 Å². The number of hydrogen-bond donors (Lipinski definition) is 2. The number of rotatable bonds is 8. The van der Waals surface area contributed by atoms with Crippen LogP contribution >= 0.6 is 0 Å². The molecule has 0 saturated carbocycles. The molecule has 0 bridgehead atoms. The molecule has 0 aliphatic heterocycles. The first-order valence-electron chi connectivity index (χ1n) is 5.76. The minimum absolute atomic E-state index is 0.558. The molecule has 0 aromatic heterocycles. The van der Waals surface area contributed by atoms with E-state index < -0.39 is 11.9 Å². The first-order chi connectivity index (χ1) is 8.04. The molecule has 0 heterocycles. The third kappa shape index (κ3) is 25.2. The Morgan fingerprint density at radius 1 is 0.941 bits per heavy atom. The van der Waals surface area contributed by atoms with Gasteiger partial charge in [-0.1, -0.05) is 26.7 Å². The Bertz CT molecular complexity index is 201. The van der Waals surface area contributed by atoms with Crippen molar-refractivity contribution in [2.24, 2.45) is 0 Å². The van der Waals surface area contributed by atoms with Crippen molar-refractivity contribution in [3.8, 4) is 0 Å². The fourth-order valence-corrected chi connectivity index (χ4v) is 0.737. The Labute approximate surface area is 102 Å². The summed E-state index contributed by atoms with van der Waals surface area (Å²) in [4.78, 5) is 19.1. The first kappa shape index (κ1) is 18.0. The number of unbranched alkanes of at least 4 members (excludes halogenated alkanes) is 2. The smallest absolute Gasteiger partial charge is 0.328 e. The lowest BCUT2D eigenvalue weighted by atomic mass is 10.3. The predicted octanol–water partition coefficient (Wildman–Crippen LogP) is 2.32. The molecule has 0 radical (unpaired) electrons. The summed E-state index contributed by atoms with van der Waals surface area (Å²) in [6.45, 7) is 6.28. The summed E-state index contributed by atoms with van der Waals surface area (Å²) in [6, 6.07) is 0. The molecule has 2 N–H and O–H groups in total. The molecule has 5 heteroatoms. The van der Waals surface area contributed by atoms with Crippen LogP contribution in [0.25, 0.3) is 0 Å². The van der Waals surface area contributed by atoms with Crippen LogP contribution in [0.5, 0.6) is 0 Å². The molecule has 0 aromatic carbocycles. The van der Waals surface area contributed by atoms with E-state index in [1.807, 2.05) is 0 Å². The van der Waals surface area contributed by atoms with E-state index in [0.29, 0.717) is 12.2 Å². The summed E-state index contributed by atoms with van der Waals surface area (Å²) in [5.41, 5.74) is 0. The molecule has 0 rings (SSSR count). The largest absolute Gasteiger partial charge is 0.478 e. The first-order valence-corrected chi connectivity index (χ1v) is 5.76. The van der Waals surface area contributed by atoms with Gasteiger partial charge in [0.15, 0.2) is 0 Å². The van der Waals surface area contributed by atoms with E-state index in [4.69, 9.17) is 14.9 Å². The molecule has 0 unspecified atom stereocenters. The Morgan fingerprint density at radius 3 is 1.53 bits per heavy atom. The Morgan fingerprint density at radius 2 is 1.29 bits per heavy atom. The van der Waals surface area contributed by atoms with Gasteiger partial charge in [0, 0.05) is 25.4 Å². The van der Waals surface area contributed by atoms with Crippen LogP contribution in [0.15, 0.2) is 12.2 Å². The second kappa shape index (κ2) is 14.6. The maximum absolute atomic E-state index is 9.55. The van der Waals surface area contributed by atoms with Crippen LogP contribution in [-0.2, 0) is 14.3 Å². The molecule has 0 aliphatic rings. The van der Waals surface area contributed by atoms with Crippen LogP contribution in [-0.4, -0.2) is 35.4 Å². The Balaban J connectivity index is 0. The molecule has 0 fully saturated rings. The fourth-order valence-electron chi connectivity index (χ4n) is 0.737. The summed E-state index contributed by atoms with van der Waals surface area (Å²) in [5, 5.41) is 15.6. The van der Waals surface area contributed by atoms with Crippen molar-refractivity contribution in [3.05, 3.63) is 12.2 Å². The van der Waals surface area contributed by atoms with Crippen LogP contribution in [0.3, 0.4) is 0 Å². The second-order valence-corrected chi connectivity index (χ2v) is 3.33. The van der Waals surface area contributed by atoms with Gasteiger partial charge in [-0.15, -0.1) is 0 Å². The van der Waals surface area contributed by atoms with E-state index in [9.17, 15) is 9.59 Å². The lowest BCUT2D eigenvalue weighted by Gasteiger charge is -1.99. The number of carboxylic acid groups (broad SMARTS) is 2. The molecule has 100 valence electrons. The fraction of sp³-hybridized carbons (Fsp3) is 0.667. The number of carboxylic acids is 2. The monoisotopic (exact) mass is 246 g/mol. The zero-order valence-electron chi connectivity index (χ0n) is 10.5. The number of hydrogen-bond acceptors (Lipinski definition) is 3. The van der Waals surface area contributed by atoms with Crippen molar-refractivity contribution in [1.82, 2.24) is 0 Å². The van der Waals surface area contributed by atoms with Gasteiger partial charge < -0.3 is 14.9 Å². The molecular formula is C12H22O5. The number of ether oxygens (including phenoxy) is 1. The standard InChI is InChI=1S/C8H18O.C4H4O4/c1-3-5-7-9-8-6-4-2;5-3(6)1-2-4(7)8/h3-8H2,1-2H3;1-2H,(H,5,6)(H,7,8)/b;2-1-. The quantitative estimate of drug-likeness (QED) is 0.507. The molecular weight excluding hydrogens is 224 g/mol. The van der Waals surface area contributed by atoms with E-state index in [0.717, 1.165) is 13.2 Å². The van der Waals surface area contributed by atoms with Gasteiger partial charge in [0.1, 0.15) is 0 Å². The van der Waals surface area contributed by atoms with Crippen LogP contribution in [0, 0.1) is 0 Å². The van der Waals surface area contributed by atoms with Crippen LogP contribution in [0.4, 0.5) is 0 Å². The highest BCUT2D eigenvalue weighted by Crippen LogP contribution is 1.91. The van der Waals surface area contributed by atoms with E-state index >= 15 is 0 Å². The number of carbonyl (C=O) groups is 2. The maximum atomic E-state index is 9.55. The Kier molecular flexibility index (Phi) is 15.5. The second-order valence-electron chi connectivity index (χ2n) is 3.33. The lowest BCUT2D eigenvalue weighted by molar-refractivity contribution is -0.134. The molecule has 0 spiro atoms. The average Bonchev–Trinajstić information content (AvgIpc) is 2.27. The van der Waals surface area contributed by atoms with Crippen LogP contribution < -0.4 is 0 Å². The SMILES string of the molecule is CCCCOCCCC.O=C(O)/C=C\C(=O)O. The molecule has 5 nitrogen and oxygen atoms in total. The summed E-state index contributed by atoms with van der Waals surface area (Å²) in [7, 11) is 0. The highest BCUT2D eigenvalue weighted by atomic mass is 16.5. The zero-order valence-corrected chi connectivity index (χ0v) is 10.5. The molecule has 17 heavy (non-hydrogen) atoms. The van der Waals surface area contributed by atoms with Gasteiger partial charge in [-0.05, 0) is 12.8 Å². The highest BCUT2D eigenvalue weighted by molar-refractivity contribution is 5.89. The van der Waals surface area contributed by atoms with E-state index in [2.05, 4.69) is 13.8 Å². The van der Waals surface area contributed by atoms with Crippen molar-refractivity contribution in [1.29, 1.82) is 0 Å². The topological polar surface area (TPSA) is 83.8 Å². The molecule has 0 amide bonds. The van der Waals surface area contributed by atoms with Crippen molar-refractivity contribution in [2.75, 3.05) is 13.2 Å². The molecule has 0 atom stereocenters. The summed E-state index contributed by atoms with van der Waals surface area (Å²) in [5.74, 6) is -2.51. The zero-order chi connectivity index (χ0) is 13.5. The summed E-state index contributed by atoms with van der Waals surface area (Å²) in [6.07, 6.45) is 6.02. The van der Waals surface area contributed by atoms with E-state index in [-0.39, 0.29) is 0 Å². The lowest BCUT2D eigenvalue weighted by Crippen LogP contribution is -1.95. The highest BCUT2D eigenvalue weighted by Gasteiger charge is 1.88. The third-order valence-corrected chi connectivity index (χ3v) is 1.65. The molecule has 0 aliphatic carbocycles. The predicted molar refractivity (Wildman–Crippen MR) is 65.0 cm³/mol. The van der Waals surface area contributed by atoms with Crippen LogP contribution in [0.1, 0.15) is 39.5 Å². The van der Waals surface area contributed by atoms with Crippen LogP contribution in [0.2, 0.25) is 0 Å². The van der Waals surface area contributed by atoms with Crippen molar-refractivity contribution in [2.45, 2.75) is 39.5 Å². The van der Waals surface area contributed by atoms with Gasteiger partial charge in [0.05, 0.1) is 0 Å². The molecule has 0 saturated heterocycles. The number of aliphatic carboxylic acids is 2. The van der Waals surface area contributed by atoms with Gasteiger partial charge in [-0.3, -0.25) is 0 Å². The minimum Gasteiger partial charge on any atom is -0.478 e. The molecule has 0 aromatic rings. The summed E-state index contributed by atoms with van der Waals surface area (Å²) >= 11 is 0.